The van der Waals surface area contributed by atoms with Gasteiger partial charge in [0, 0.05) is 67.2 Å². The molecule has 6 aromatic carbocycles. The van der Waals surface area contributed by atoms with Gasteiger partial charge < -0.3 is 20.6 Å². The molecule has 8 nitrogen and oxygen atoms in total. The molecule has 4 heterocycles. The number of aromatic nitrogens is 4. The summed E-state index contributed by atoms with van der Waals surface area (Å²) in [4.78, 5) is 42.6. The molecule has 0 aliphatic carbocycles. The van der Waals surface area contributed by atoms with Gasteiger partial charge in [0.1, 0.15) is 0 Å². The van der Waals surface area contributed by atoms with Gasteiger partial charge >= 0.3 is 0 Å². The standard InChI is InChI=1S/2C30H21N3O.C7H16/c2*1-3-20-13-10-14-21(4-2)25(20)19-27(22-11-6-5-7-12-22)33-30(34)29-28-24(17-18-31-29)23-15-8-9-16-26(23)32-28;1-3-5-7-6-4-2/h2*1-2,5-18,27,32H,19H2,(H,33,34);3-7H2,1-2H3/t2*27-;/m10./s1. The Labute approximate surface area is 439 Å². The van der Waals surface area contributed by atoms with Gasteiger partial charge in [0.2, 0.25) is 0 Å². The molecule has 0 spiro atoms. The molecule has 0 aliphatic rings. The van der Waals surface area contributed by atoms with Crippen LogP contribution in [0.25, 0.3) is 43.6 Å². The molecule has 0 aliphatic heterocycles. The molecule has 75 heavy (non-hydrogen) atoms. The van der Waals surface area contributed by atoms with Crippen molar-refractivity contribution in [2.75, 3.05) is 0 Å². The fourth-order valence-electron chi connectivity index (χ4n) is 9.46. The molecule has 4 aromatic heterocycles. The maximum absolute atomic E-state index is 13.5. The van der Waals surface area contributed by atoms with E-state index in [1.807, 2.05) is 158 Å². The fraction of sp³-hybridized carbons (Fsp3) is 0.164. The first-order valence-electron chi connectivity index (χ1n) is 25.3. The van der Waals surface area contributed by atoms with Crippen LogP contribution in [0.3, 0.4) is 0 Å². The van der Waals surface area contributed by atoms with E-state index in [1.165, 1.54) is 32.1 Å². The number of aromatic amines is 2. The second-order valence-electron chi connectivity index (χ2n) is 18.1. The second kappa shape index (κ2) is 25.2. The number of nitrogens with one attached hydrogen (secondary N) is 4. The molecule has 0 fully saturated rings. The lowest BCUT2D eigenvalue weighted by atomic mass is 9.92. The minimum Gasteiger partial charge on any atom is -0.353 e. The monoisotopic (exact) mass is 978 g/mol. The molecule has 2 atom stereocenters. The molecule has 368 valence electrons. The lowest BCUT2D eigenvalue weighted by Crippen LogP contribution is -2.31. The predicted octanol–water partition coefficient (Wildman–Crippen LogP) is 13.8. The van der Waals surface area contributed by atoms with Gasteiger partial charge in [-0.2, -0.15) is 0 Å². The van der Waals surface area contributed by atoms with Gasteiger partial charge in [-0.15, -0.1) is 25.7 Å². The molecule has 8 heteroatoms. The molecule has 0 bridgehead atoms. The number of terminal acetylenes is 4. The number of fused-ring (bicyclic) bond motifs is 6. The number of hydrogen-bond acceptors (Lipinski definition) is 4. The fourth-order valence-corrected chi connectivity index (χ4v) is 9.46. The van der Waals surface area contributed by atoms with Gasteiger partial charge in [-0.05, 0) is 83.6 Å². The van der Waals surface area contributed by atoms with E-state index in [0.717, 1.165) is 77.1 Å². The molecule has 10 aromatic rings. The zero-order valence-corrected chi connectivity index (χ0v) is 42.3. The number of carbonyl (C=O) groups is 2. The first kappa shape index (κ1) is 51.7. The summed E-state index contributed by atoms with van der Waals surface area (Å²) in [5.74, 6) is 10.4. The van der Waals surface area contributed by atoms with E-state index in [2.05, 4.69) is 68.1 Å². The summed E-state index contributed by atoms with van der Waals surface area (Å²) in [5, 5.41) is 10.4. The van der Waals surface area contributed by atoms with Crippen LogP contribution >= 0.6 is 0 Å². The van der Waals surface area contributed by atoms with E-state index in [4.69, 9.17) is 25.7 Å². The first-order chi connectivity index (χ1) is 36.8. The smallest absolute Gasteiger partial charge is 0.272 e. The Hall–Kier alpha value is -9.60. The number of benzene rings is 6. The Morgan fingerprint density at radius 1 is 0.453 bits per heavy atom. The van der Waals surface area contributed by atoms with Crippen molar-refractivity contribution in [2.24, 2.45) is 0 Å². The Balaban J connectivity index is 0.000000177. The third-order valence-corrected chi connectivity index (χ3v) is 13.3. The summed E-state index contributed by atoms with van der Waals surface area (Å²) in [6, 6.07) is 49.8. The zero-order chi connectivity index (χ0) is 52.5. The maximum Gasteiger partial charge on any atom is 0.272 e. The summed E-state index contributed by atoms with van der Waals surface area (Å²) in [6.07, 6.45) is 34.3. The molecular weight excluding hydrogens is 921 g/mol. The summed E-state index contributed by atoms with van der Waals surface area (Å²) >= 11 is 0. The lowest BCUT2D eigenvalue weighted by Gasteiger charge is -2.21. The number of para-hydroxylation sites is 2. The van der Waals surface area contributed by atoms with Crippen molar-refractivity contribution >= 4 is 55.4 Å². The summed E-state index contributed by atoms with van der Waals surface area (Å²) < 4.78 is 0. The Kier molecular flexibility index (Phi) is 17.4. The van der Waals surface area contributed by atoms with Crippen molar-refractivity contribution in [1.29, 1.82) is 0 Å². The molecule has 0 radical (unpaired) electrons. The van der Waals surface area contributed by atoms with E-state index in [0.29, 0.717) is 35.3 Å². The molecule has 10 rings (SSSR count). The molecule has 2 amide bonds. The number of hydrogen-bond donors (Lipinski definition) is 4. The van der Waals surface area contributed by atoms with E-state index in [9.17, 15) is 9.59 Å². The maximum atomic E-state index is 13.5. The van der Waals surface area contributed by atoms with Crippen molar-refractivity contribution in [1.82, 2.24) is 30.6 Å². The Morgan fingerprint density at radius 2 is 0.813 bits per heavy atom. The van der Waals surface area contributed by atoms with Crippen molar-refractivity contribution in [2.45, 2.75) is 70.9 Å². The second-order valence-corrected chi connectivity index (χ2v) is 18.1. The molecule has 0 unspecified atom stereocenters. The van der Waals surface area contributed by atoms with Crippen LogP contribution in [0.5, 0.6) is 0 Å². The molecular formula is C67H58N6O2. The number of H-pyrrole nitrogens is 2. The normalized spacial score (nSPS) is 11.4. The Morgan fingerprint density at radius 3 is 1.17 bits per heavy atom. The number of nitrogens with zero attached hydrogens (tertiary/aromatic N) is 2. The highest BCUT2D eigenvalue weighted by Crippen LogP contribution is 2.30. The summed E-state index contributed by atoms with van der Waals surface area (Å²) in [6.45, 7) is 4.49. The summed E-state index contributed by atoms with van der Waals surface area (Å²) in [7, 11) is 0. The van der Waals surface area contributed by atoms with Crippen LogP contribution < -0.4 is 10.6 Å². The van der Waals surface area contributed by atoms with Crippen molar-refractivity contribution in [3.8, 4) is 49.4 Å². The quantitative estimate of drug-likeness (QED) is 0.0642. The SMILES string of the molecule is C#Cc1cccc(C#C)c1C[C@@H](NC(=O)c1nccc2c1[nH]c1ccccc12)c1ccccc1.C#Cc1cccc(C#C)c1C[C@H](NC(=O)c1nccc2c1[nH]c1ccccc12)c1ccccc1.CCCCCCC. The molecule has 0 saturated carbocycles. The molecule has 0 saturated heterocycles. The van der Waals surface area contributed by atoms with Crippen LogP contribution in [0.15, 0.2) is 170 Å². The predicted molar refractivity (Wildman–Crippen MR) is 307 cm³/mol. The first-order valence-corrected chi connectivity index (χ1v) is 25.3. The average Bonchev–Trinajstić information content (AvgIpc) is 4.05. The number of amides is 2. The largest absolute Gasteiger partial charge is 0.353 e. The van der Waals surface area contributed by atoms with Gasteiger partial charge in [-0.3, -0.25) is 9.59 Å². The number of pyridine rings is 2. The topological polar surface area (TPSA) is 116 Å². The van der Waals surface area contributed by atoms with Gasteiger partial charge in [0.05, 0.1) is 23.1 Å². The average molecular weight is 979 g/mol. The van der Waals surface area contributed by atoms with Gasteiger partial charge in [0.15, 0.2) is 11.4 Å². The highest BCUT2D eigenvalue weighted by Gasteiger charge is 2.24. The molecule has 4 N–H and O–H groups in total. The highest BCUT2D eigenvalue weighted by atomic mass is 16.2. The minimum atomic E-state index is -0.350. The zero-order valence-electron chi connectivity index (χ0n) is 42.3. The van der Waals surface area contributed by atoms with E-state index < -0.39 is 0 Å². The van der Waals surface area contributed by atoms with Gasteiger partial charge in [0.25, 0.3) is 11.8 Å². The number of carbonyl (C=O) groups excluding carboxylic acids is 2. The van der Waals surface area contributed by atoms with Crippen LogP contribution in [0.2, 0.25) is 0 Å². The van der Waals surface area contributed by atoms with Crippen LogP contribution in [0.4, 0.5) is 0 Å². The third kappa shape index (κ3) is 12.0. The number of rotatable bonds is 14. The third-order valence-electron chi connectivity index (χ3n) is 13.3. The highest BCUT2D eigenvalue weighted by molar-refractivity contribution is 6.15. The van der Waals surface area contributed by atoms with Crippen LogP contribution in [0, 0.1) is 49.4 Å². The van der Waals surface area contributed by atoms with Crippen LogP contribution in [-0.2, 0) is 12.8 Å². The van der Waals surface area contributed by atoms with Crippen molar-refractivity contribution in [3.63, 3.8) is 0 Å². The van der Waals surface area contributed by atoms with Crippen LogP contribution in [0.1, 0.15) is 124 Å². The Bertz CT molecular complexity index is 3470. The van der Waals surface area contributed by atoms with E-state index in [1.54, 1.807) is 12.4 Å². The lowest BCUT2D eigenvalue weighted by molar-refractivity contribution is 0.0925. The van der Waals surface area contributed by atoms with E-state index >= 15 is 0 Å². The number of unbranched alkanes of at least 4 members (excludes halogenated alkanes) is 4. The van der Waals surface area contributed by atoms with Crippen molar-refractivity contribution in [3.05, 3.63) is 226 Å². The van der Waals surface area contributed by atoms with Crippen LogP contribution in [-0.4, -0.2) is 31.8 Å². The summed E-state index contributed by atoms with van der Waals surface area (Å²) in [5.41, 5.74) is 10.5. The van der Waals surface area contributed by atoms with E-state index in [-0.39, 0.29) is 23.9 Å². The van der Waals surface area contributed by atoms with Crippen molar-refractivity contribution < 1.29 is 9.59 Å². The van der Waals surface area contributed by atoms with Gasteiger partial charge in [-0.1, -0.05) is 179 Å². The van der Waals surface area contributed by atoms with Gasteiger partial charge in [-0.25, -0.2) is 9.97 Å². The minimum absolute atomic E-state index is 0.272.